The van der Waals surface area contributed by atoms with E-state index in [1.54, 1.807) is 33.3 Å². The molecule has 2 aliphatic rings. The molecule has 39 heavy (non-hydrogen) atoms. The number of allylic oxidation sites excluding steroid dienone is 3. The Bertz CT molecular complexity index is 1310. The molecule has 0 unspecified atom stereocenters. The van der Waals surface area contributed by atoms with Crippen molar-refractivity contribution in [2.45, 2.75) is 38.5 Å². The molecule has 2 aromatic carbocycles. The van der Waals surface area contributed by atoms with Gasteiger partial charge in [-0.1, -0.05) is 12.1 Å². The average molecular weight is 538 g/mol. The summed E-state index contributed by atoms with van der Waals surface area (Å²) in [6.45, 7) is 4.31. The van der Waals surface area contributed by atoms with Crippen LogP contribution in [0.4, 0.5) is 0 Å². The molecule has 2 N–H and O–H groups in total. The zero-order valence-corrected chi connectivity index (χ0v) is 23.0. The molecule has 0 amide bonds. The number of ether oxygens (including phenoxy) is 5. The van der Waals surface area contributed by atoms with Crippen LogP contribution in [0.25, 0.3) is 0 Å². The number of hydrogen-bond acceptors (Lipinski definition) is 9. The Morgan fingerprint density at radius 1 is 0.974 bits per heavy atom. The van der Waals surface area contributed by atoms with E-state index in [4.69, 9.17) is 23.7 Å². The van der Waals surface area contributed by atoms with Gasteiger partial charge in [0.1, 0.15) is 6.61 Å². The fourth-order valence-corrected chi connectivity index (χ4v) is 5.26. The second kappa shape index (κ2) is 12.3. The van der Waals surface area contributed by atoms with E-state index in [2.05, 4.69) is 5.32 Å². The largest absolute Gasteiger partial charge is 0.504 e. The number of ketones is 1. The molecular formula is C30H35NO8. The minimum Gasteiger partial charge on any atom is -0.504 e. The predicted molar refractivity (Wildman–Crippen MR) is 144 cm³/mol. The number of benzene rings is 2. The molecule has 1 aliphatic heterocycles. The molecular weight excluding hydrogens is 502 g/mol. The maximum Gasteiger partial charge on any atom is 0.336 e. The van der Waals surface area contributed by atoms with Crippen molar-refractivity contribution in [2.75, 3.05) is 41.2 Å². The van der Waals surface area contributed by atoms with Crippen molar-refractivity contribution in [1.82, 2.24) is 5.32 Å². The number of aromatic hydroxyl groups is 1. The Balaban J connectivity index is 1.77. The van der Waals surface area contributed by atoms with E-state index in [0.29, 0.717) is 46.9 Å². The molecule has 0 saturated carbocycles. The van der Waals surface area contributed by atoms with Crippen LogP contribution < -0.4 is 19.5 Å². The van der Waals surface area contributed by atoms with Gasteiger partial charge in [0, 0.05) is 36.4 Å². The number of dihydropyridines is 1. The third-order valence-corrected chi connectivity index (χ3v) is 7.06. The van der Waals surface area contributed by atoms with Gasteiger partial charge < -0.3 is 34.1 Å². The van der Waals surface area contributed by atoms with Crippen molar-refractivity contribution >= 4 is 11.8 Å². The van der Waals surface area contributed by atoms with Gasteiger partial charge in [-0.2, -0.15) is 0 Å². The van der Waals surface area contributed by atoms with E-state index in [1.807, 2.05) is 25.1 Å². The second-order valence-electron chi connectivity index (χ2n) is 9.42. The molecule has 0 fully saturated rings. The number of rotatable bonds is 10. The van der Waals surface area contributed by atoms with Crippen LogP contribution in [0.2, 0.25) is 0 Å². The van der Waals surface area contributed by atoms with Crippen molar-refractivity contribution in [3.8, 4) is 23.0 Å². The molecule has 0 saturated heterocycles. The maximum absolute atomic E-state index is 13.9. The van der Waals surface area contributed by atoms with Gasteiger partial charge in [-0.05, 0) is 61.6 Å². The first kappa shape index (κ1) is 28.0. The summed E-state index contributed by atoms with van der Waals surface area (Å²) < 4.78 is 27.0. The number of phenolic OH excluding ortho intramolecular Hbond substituents is 1. The molecule has 9 nitrogen and oxygen atoms in total. The molecule has 0 aromatic heterocycles. The van der Waals surface area contributed by atoms with E-state index < -0.39 is 11.9 Å². The number of esters is 1. The Morgan fingerprint density at radius 3 is 2.38 bits per heavy atom. The molecule has 0 radical (unpaired) electrons. The van der Waals surface area contributed by atoms with Crippen molar-refractivity contribution in [3.63, 3.8) is 0 Å². The fourth-order valence-electron chi connectivity index (χ4n) is 5.26. The molecule has 2 aromatic rings. The summed E-state index contributed by atoms with van der Waals surface area (Å²) in [5.41, 5.74) is 3.84. The smallest absolute Gasteiger partial charge is 0.336 e. The lowest BCUT2D eigenvalue weighted by molar-refractivity contribution is -0.140. The Labute approximate surface area is 228 Å². The van der Waals surface area contributed by atoms with Gasteiger partial charge in [0.15, 0.2) is 28.8 Å². The zero-order chi connectivity index (χ0) is 28.1. The first-order valence-electron chi connectivity index (χ1n) is 12.9. The zero-order valence-electron chi connectivity index (χ0n) is 23.0. The van der Waals surface area contributed by atoms with Crippen LogP contribution in [0.1, 0.15) is 49.7 Å². The quantitative estimate of drug-likeness (QED) is 0.337. The van der Waals surface area contributed by atoms with Crippen LogP contribution >= 0.6 is 0 Å². The van der Waals surface area contributed by atoms with Crippen molar-refractivity contribution in [2.24, 2.45) is 0 Å². The summed E-state index contributed by atoms with van der Waals surface area (Å²) in [5, 5.41) is 13.6. The van der Waals surface area contributed by atoms with E-state index in [-0.39, 0.29) is 42.8 Å². The van der Waals surface area contributed by atoms with E-state index in [0.717, 1.165) is 11.3 Å². The summed E-state index contributed by atoms with van der Waals surface area (Å²) >= 11 is 0. The third kappa shape index (κ3) is 5.73. The number of hydrogen-bond donors (Lipinski definition) is 2. The highest BCUT2D eigenvalue weighted by Crippen LogP contribution is 2.47. The van der Waals surface area contributed by atoms with Crippen LogP contribution in [-0.4, -0.2) is 58.0 Å². The fraction of sp³-hybridized carbons (Fsp3) is 0.400. The van der Waals surface area contributed by atoms with Gasteiger partial charge in [0.25, 0.3) is 0 Å². The van der Waals surface area contributed by atoms with Crippen LogP contribution in [0.5, 0.6) is 23.0 Å². The third-order valence-electron chi connectivity index (χ3n) is 7.06. The van der Waals surface area contributed by atoms with Crippen molar-refractivity contribution in [3.05, 3.63) is 70.1 Å². The van der Waals surface area contributed by atoms with Gasteiger partial charge in [0.2, 0.25) is 0 Å². The normalized spacial score (nSPS) is 18.8. The highest BCUT2D eigenvalue weighted by Gasteiger charge is 2.41. The summed E-state index contributed by atoms with van der Waals surface area (Å²) in [6, 6.07) is 10.6. The standard InChI is InChI=1S/C30H35NO8/c1-6-38-25-16-19(7-9-22(25)32)28-27(30(34)39-12-11-35-3)17(2)31-21-13-20(14-23(33)29(21)28)18-8-10-24(36-4)26(15-18)37-5/h7-10,15-16,20,28,31-32H,6,11-14H2,1-5H3/t20-,28-/m0/s1. The summed E-state index contributed by atoms with van der Waals surface area (Å²) in [6.07, 6.45) is 0.820. The lowest BCUT2D eigenvalue weighted by atomic mass is 9.71. The highest BCUT2D eigenvalue weighted by atomic mass is 16.6. The predicted octanol–water partition coefficient (Wildman–Crippen LogP) is 4.36. The van der Waals surface area contributed by atoms with Crippen LogP contribution in [0.15, 0.2) is 58.9 Å². The minimum atomic E-state index is -0.685. The number of carbonyl (C=O) groups is 2. The molecule has 2 atom stereocenters. The van der Waals surface area contributed by atoms with Crippen LogP contribution in [0, 0.1) is 0 Å². The summed E-state index contributed by atoms with van der Waals surface area (Å²) in [4.78, 5) is 27.2. The van der Waals surface area contributed by atoms with E-state index >= 15 is 0 Å². The van der Waals surface area contributed by atoms with Crippen LogP contribution in [-0.2, 0) is 19.1 Å². The molecule has 4 rings (SSSR count). The number of phenols is 1. The van der Waals surface area contributed by atoms with E-state index in [9.17, 15) is 14.7 Å². The number of nitrogens with one attached hydrogen (secondary N) is 1. The molecule has 0 bridgehead atoms. The average Bonchev–Trinajstić information content (AvgIpc) is 2.93. The van der Waals surface area contributed by atoms with Gasteiger partial charge in [-0.3, -0.25) is 4.79 Å². The number of methoxy groups -OCH3 is 3. The maximum atomic E-state index is 13.9. The van der Waals surface area contributed by atoms with Crippen LogP contribution in [0.3, 0.4) is 0 Å². The van der Waals surface area contributed by atoms with Gasteiger partial charge >= 0.3 is 5.97 Å². The second-order valence-corrected chi connectivity index (χ2v) is 9.42. The lowest BCUT2D eigenvalue weighted by Crippen LogP contribution is -2.36. The first-order valence-corrected chi connectivity index (χ1v) is 12.9. The minimum absolute atomic E-state index is 0.0165. The summed E-state index contributed by atoms with van der Waals surface area (Å²) in [5.74, 6) is 0.0992. The SMILES string of the molecule is CCOc1cc([C@H]2C(C(=O)OCCOC)=C(C)NC3=C2C(=O)C[C@@H](c2ccc(OC)c(OC)c2)C3)ccc1O. The highest BCUT2D eigenvalue weighted by molar-refractivity contribution is 6.04. The van der Waals surface area contributed by atoms with Gasteiger partial charge in [-0.15, -0.1) is 0 Å². The Morgan fingerprint density at radius 2 is 1.69 bits per heavy atom. The number of Topliss-reactive ketones (excluding diaryl/α,β-unsaturated/α-hetero) is 1. The molecule has 1 heterocycles. The monoisotopic (exact) mass is 537 g/mol. The summed E-state index contributed by atoms with van der Waals surface area (Å²) in [7, 11) is 4.69. The van der Waals surface area contributed by atoms with Crippen molar-refractivity contribution in [1.29, 1.82) is 0 Å². The molecule has 9 heteroatoms. The Hall–Kier alpha value is -3.98. The Kier molecular flexibility index (Phi) is 8.81. The van der Waals surface area contributed by atoms with Gasteiger partial charge in [0.05, 0.1) is 33.0 Å². The van der Waals surface area contributed by atoms with E-state index in [1.165, 1.54) is 13.2 Å². The molecule has 0 spiro atoms. The first-order chi connectivity index (χ1) is 18.8. The lowest BCUT2D eigenvalue weighted by Gasteiger charge is -2.37. The van der Waals surface area contributed by atoms with Gasteiger partial charge in [-0.25, -0.2) is 4.79 Å². The number of carbonyl (C=O) groups excluding carboxylic acids is 2. The topological polar surface area (TPSA) is 113 Å². The molecule has 1 aliphatic carbocycles. The molecule has 208 valence electrons. The van der Waals surface area contributed by atoms with Crippen molar-refractivity contribution < 1.29 is 38.4 Å².